The first kappa shape index (κ1) is 36.7. The zero-order valence-corrected chi connectivity index (χ0v) is 27.3. The first-order chi connectivity index (χ1) is 23.3. The third-order valence-electron chi connectivity index (χ3n) is 7.91. The number of rotatable bonds is 9. The topological polar surface area (TPSA) is 163 Å². The van der Waals surface area contributed by atoms with Crippen LogP contribution >= 0.6 is 11.6 Å². The summed E-state index contributed by atoms with van der Waals surface area (Å²) in [6.07, 6.45) is -4.06. The Balaban J connectivity index is 1.68. The minimum Gasteiger partial charge on any atom is -0.370 e. The number of aliphatic imine (C=N–C) groups is 1. The van der Waals surface area contributed by atoms with Crippen LogP contribution in [0.2, 0.25) is 5.02 Å². The molecule has 3 aromatic rings. The summed E-state index contributed by atoms with van der Waals surface area (Å²) in [4.78, 5) is 61.2. The lowest BCUT2D eigenvalue weighted by atomic mass is 10.0. The molecule has 0 spiro atoms. The van der Waals surface area contributed by atoms with Gasteiger partial charge in [-0.25, -0.2) is 0 Å². The maximum absolute atomic E-state index is 14.2. The van der Waals surface area contributed by atoms with E-state index in [-0.39, 0.29) is 57.1 Å². The molecule has 0 aliphatic carbocycles. The minimum atomic E-state index is -4.52. The van der Waals surface area contributed by atoms with Gasteiger partial charge in [-0.3, -0.25) is 24.2 Å². The van der Waals surface area contributed by atoms with Gasteiger partial charge in [0.05, 0.1) is 18.7 Å². The number of halogens is 4. The molecule has 0 unspecified atom stereocenters. The number of amides is 4. The van der Waals surface area contributed by atoms with Gasteiger partial charge in [-0.1, -0.05) is 54.1 Å². The standard InChI is InChI=1S/C34H37ClF3N7O4/c35-26-11-7-23(8-12-26)14-17-44-20-29(46)42-19-24-3-1-2-4-27(24)31(48)43-28(13-16-41-33(39)40)32(49)45(21-30(44)47)18-15-22-5-9-25(10-6-22)34(36,37)38/h1-12,28H,13-21H2,(H,42,46)(H,43,48)(H4,39,40,41)/t28-/m1/s1. The highest BCUT2D eigenvalue weighted by Crippen LogP contribution is 2.29. The minimum absolute atomic E-state index is 0.00644. The van der Waals surface area contributed by atoms with Gasteiger partial charge in [0, 0.05) is 36.8 Å². The molecule has 1 atom stereocenters. The van der Waals surface area contributed by atoms with E-state index in [9.17, 15) is 32.3 Å². The predicted octanol–water partition coefficient (Wildman–Crippen LogP) is 2.89. The van der Waals surface area contributed by atoms with Crippen molar-refractivity contribution < 1.29 is 32.3 Å². The molecule has 0 saturated heterocycles. The molecule has 4 amide bonds. The number of nitrogens with two attached hydrogens (primary N) is 2. The number of guanidine groups is 1. The number of hydrogen-bond donors (Lipinski definition) is 4. The number of carbonyl (C=O) groups excluding carboxylic acids is 4. The van der Waals surface area contributed by atoms with Gasteiger partial charge >= 0.3 is 6.18 Å². The van der Waals surface area contributed by atoms with Crippen molar-refractivity contribution >= 4 is 41.2 Å². The molecule has 1 heterocycles. The van der Waals surface area contributed by atoms with Crippen LogP contribution in [0.5, 0.6) is 0 Å². The number of hydrogen-bond acceptors (Lipinski definition) is 5. The Morgan fingerprint density at radius 3 is 2.10 bits per heavy atom. The average molecular weight is 700 g/mol. The molecule has 11 nitrogen and oxygen atoms in total. The quantitative estimate of drug-likeness (QED) is 0.198. The molecule has 3 aromatic carbocycles. The molecule has 0 radical (unpaired) electrons. The molecule has 0 fully saturated rings. The van der Waals surface area contributed by atoms with Gasteiger partial charge in [-0.2, -0.15) is 13.2 Å². The van der Waals surface area contributed by atoms with Crippen molar-refractivity contribution in [3.8, 4) is 0 Å². The number of carbonyl (C=O) groups is 4. The molecule has 6 N–H and O–H groups in total. The van der Waals surface area contributed by atoms with Crippen molar-refractivity contribution in [2.75, 3.05) is 32.7 Å². The van der Waals surface area contributed by atoms with Crippen molar-refractivity contribution in [1.29, 1.82) is 0 Å². The Morgan fingerprint density at radius 1 is 0.857 bits per heavy atom. The zero-order valence-electron chi connectivity index (χ0n) is 26.5. The van der Waals surface area contributed by atoms with Crippen LogP contribution < -0.4 is 22.1 Å². The fourth-order valence-electron chi connectivity index (χ4n) is 5.22. The third-order valence-corrected chi connectivity index (χ3v) is 8.17. The number of nitrogens with zero attached hydrogens (tertiary/aromatic N) is 3. The molecule has 15 heteroatoms. The smallest absolute Gasteiger partial charge is 0.370 e. The van der Waals surface area contributed by atoms with E-state index in [1.165, 1.54) is 21.9 Å². The van der Waals surface area contributed by atoms with Gasteiger partial charge in [0.2, 0.25) is 17.7 Å². The molecular formula is C34H37ClF3N7O4. The third kappa shape index (κ3) is 11.0. The van der Waals surface area contributed by atoms with E-state index >= 15 is 0 Å². The Kier molecular flexibility index (Phi) is 12.6. The molecule has 49 heavy (non-hydrogen) atoms. The lowest BCUT2D eigenvalue weighted by Gasteiger charge is -2.31. The number of benzene rings is 3. The summed E-state index contributed by atoms with van der Waals surface area (Å²) in [7, 11) is 0. The van der Waals surface area contributed by atoms with Crippen molar-refractivity contribution in [3.05, 3.63) is 106 Å². The van der Waals surface area contributed by atoms with Crippen LogP contribution in [0.4, 0.5) is 13.2 Å². The molecule has 1 aliphatic heterocycles. The van der Waals surface area contributed by atoms with E-state index in [0.717, 1.165) is 17.7 Å². The van der Waals surface area contributed by atoms with E-state index in [4.69, 9.17) is 23.1 Å². The number of alkyl halides is 3. The van der Waals surface area contributed by atoms with Gasteiger partial charge in [0.15, 0.2) is 5.96 Å². The largest absolute Gasteiger partial charge is 0.416 e. The van der Waals surface area contributed by atoms with Gasteiger partial charge < -0.3 is 31.9 Å². The fraction of sp³-hybridized carbons (Fsp3) is 0.324. The monoisotopic (exact) mass is 699 g/mol. The molecule has 4 rings (SSSR count). The van der Waals surface area contributed by atoms with Gasteiger partial charge in [-0.05, 0) is 66.3 Å². The van der Waals surface area contributed by atoms with E-state index in [0.29, 0.717) is 22.6 Å². The van der Waals surface area contributed by atoms with Gasteiger partial charge in [0.1, 0.15) is 6.04 Å². The Labute approximate surface area is 286 Å². The summed E-state index contributed by atoms with van der Waals surface area (Å²) in [6.45, 7) is -0.777. The van der Waals surface area contributed by atoms with Crippen LogP contribution in [0.25, 0.3) is 0 Å². The first-order valence-corrected chi connectivity index (χ1v) is 15.9. The van der Waals surface area contributed by atoms with Crippen molar-refractivity contribution in [2.24, 2.45) is 16.5 Å². The molecule has 1 aliphatic rings. The second-order valence-corrected chi connectivity index (χ2v) is 11.9. The summed E-state index contributed by atoms with van der Waals surface area (Å²) < 4.78 is 39.4. The van der Waals surface area contributed by atoms with Gasteiger partial charge in [-0.15, -0.1) is 0 Å². The van der Waals surface area contributed by atoms with E-state index in [2.05, 4.69) is 15.6 Å². The lowest BCUT2D eigenvalue weighted by molar-refractivity contribution is -0.143. The summed E-state index contributed by atoms with van der Waals surface area (Å²) in [5, 5.41) is 6.05. The van der Waals surface area contributed by atoms with Crippen LogP contribution in [0.15, 0.2) is 77.8 Å². The number of fused-ring (bicyclic) bond motifs is 1. The highest BCUT2D eigenvalue weighted by atomic mass is 35.5. The lowest BCUT2D eigenvalue weighted by Crippen LogP contribution is -2.53. The summed E-state index contributed by atoms with van der Waals surface area (Å²) in [5.74, 6) is -2.46. The Hall–Kier alpha value is -5.11. The van der Waals surface area contributed by atoms with E-state index in [1.807, 2.05) is 0 Å². The summed E-state index contributed by atoms with van der Waals surface area (Å²) >= 11 is 6.01. The number of nitrogens with one attached hydrogen (secondary N) is 2. The van der Waals surface area contributed by atoms with Crippen LogP contribution in [0.3, 0.4) is 0 Å². The Bertz CT molecular complexity index is 1660. The summed E-state index contributed by atoms with van der Waals surface area (Å²) in [5.41, 5.74) is 12.2. The van der Waals surface area contributed by atoms with Crippen LogP contribution in [0, 0.1) is 0 Å². The summed E-state index contributed by atoms with van der Waals surface area (Å²) in [6, 6.07) is 16.9. The first-order valence-electron chi connectivity index (χ1n) is 15.5. The van der Waals surface area contributed by atoms with Crippen molar-refractivity contribution in [1.82, 2.24) is 20.4 Å². The SMILES string of the molecule is NC(N)=NCC[C@H]1NC(=O)c2ccccc2CNC(=O)CN(CCc2ccc(Cl)cc2)C(=O)CN(CCc2ccc(C(F)(F)F)cc2)C1=O. The second kappa shape index (κ2) is 16.8. The predicted molar refractivity (Wildman–Crippen MR) is 178 cm³/mol. The fourth-order valence-corrected chi connectivity index (χ4v) is 5.34. The normalized spacial score (nSPS) is 16.4. The maximum atomic E-state index is 14.2. The molecular weight excluding hydrogens is 663 g/mol. The van der Waals surface area contributed by atoms with Crippen LogP contribution in [0.1, 0.15) is 39.0 Å². The molecule has 0 aromatic heterocycles. The molecule has 0 bridgehead atoms. The molecule has 0 saturated carbocycles. The van der Waals surface area contributed by atoms with E-state index in [1.54, 1.807) is 48.5 Å². The average Bonchev–Trinajstić information content (AvgIpc) is 3.06. The maximum Gasteiger partial charge on any atom is 0.416 e. The van der Waals surface area contributed by atoms with Crippen molar-refractivity contribution in [3.63, 3.8) is 0 Å². The van der Waals surface area contributed by atoms with Gasteiger partial charge in [0.25, 0.3) is 5.91 Å². The second-order valence-electron chi connectivity index (χ2n) is 11.5. The van der Waals surface area contributed by atoms with E-state index < -0.39 is 48.0 Å². The Morgan fingerprint density at radius 2 is 1.47 bits per heavy atom. The zero-order chi connectivity index (χ0) is 35.6. The van der Waals surface area contributed by atoms with Crippen LogP contribution in [-0.4, -0.2) is 78.2 Å². The van der Waals surface area contributed by atoms with Crippen LogP contribution in [-0.2, 0) is 39.9 Å². The van der Waals surface area contributed by atoms with Crippen molar-refractivity contribution in [2.45, 2.75) is 38.0 Å². The molecule has 260 valence electrons. The highest BCUT2D eigenvalue weighted by Gasteiger charge is 2.32. The highest BCUT2D eigenvalue weighted by molar-refractivity contribution is 6.30.